The lowest BCUT2D eigenvalue weighted by Crippen LogP contribution is -2.28. The molecule has 0 saturated carbocycles. The summed E-state index contributed by atoms with van der Waals surface area (Å²) in [5.74, 6) is 0. The van der Waals surface area contributed by atoms with Gasteiger partial charge in [-0.3, -0.25) is 4.90 Å². The van der Waals surface area contributed by atoms with Crippen LogP contribution < -0.4 is 0 Å². The van der Waals surface area contributed by atoms with Gasteiger partial charge in [-0.1, -0.05) is 0 Å². The number of β-amino-alcohol motifs (C(OH)–C–C–N with tert-alkyl or cyclic N) is 1. The lowest BCUT2D eigenvalue weighted by molar-refractivity contribution is 0.166. The summed E-state index contributed by atoms with van der Waals surface area (Å²) in [7, 11) is 0. The third kappa shape index (κ3) is 2.45. The van der Waals surface area contributed by atoms with E-state index >= 15 is 0 Å². The summed E-state index contributed by atoms with van der Waals surface area (Å²) in [5.41, 5.74) is 0. The molecule has 1 atom stereocenters. The Balaban J connectivity index is 0.000000810. The first kappa shape index (κ1) is 10.2. The summed E-state index contributed by atoms with van der Waals surface area (Å²) >= 11 is 0. The van der Waals surface area contributed by atoms with E-state index in [9.17, 15) is 0 Å². The average molecular weight is 166 g/mol. The summed E-state index contributed by atoms with van der Waals surface area (Å²) < 4.78 is 0. The van der Waals surface area contributed by atoms with Crippen LogP contribution in [0.25, 0.3) is 0 Å². The van der Waals surface area contributed by atoms with Gasteiger partial charge >= 0.3 is 0 Å². The molecule has 0 aliphatic carbocycles. The topological polar surface area (TPSA) is 23.5 Å². The Morgan fingerprint density at radius 1 is 1.50 bits per heavy atom. The molecule has 62 valence electrons. The van der Waals surface area contributed by atoms with Gasteiger partial charge in [0.2, 0.25) is 0 Å². The minimum atomic E-state index is -0.0626. The lowest BCUT2D eigenvalue weighted by atomic mass is 10.3. The van der Waals surface area contributed by atoms with Crippen molar-refractivity contribution < 1.29 is 5.11 Å². The highest BCUT2D eigenvalue weighted by atomic mass is 35.5. The lowest BCUT2D eigenvalue weighted by Gasteiger charge is -2.18. The van der Waals surface area contributed by atoms with Gasteiger partial charge in [0, 0.05) is 19.1 Å². The van der Waals surface area contributed by atoms with E-state index in [0.717, 1.165) is 19.5 Å². The Hall–Kier alpha value is 0.210. The maximum atomic E-state index is 9.11. The van der Waals surface area contributed by atoms with E-state index in [1.165, 1.54) is 0 Å². The highest BCUT2D eigenvalue weighted by Crippen LogP contribution is 2.11. The molecule has 0 bridgehead atoms. The van der Waals surface area contributed by atoms with E-state index in [0.29, 0.717) is 6.04 Å². The van der Waals surface area contributed by atoms with E-state index in [-0.39, 0.29) is 18.5 Å². The molecule has 1 rings (SSSR count). The average Bonchev–Trinajstić information content (AvgIpc) is 2.14. The Morgan fingerprint density at radius 2 is 2.10 bits per heavy atom. The summed E-state index contributed by atoms with van der Waals surface area (Å²) in [5, 5.41) is 9.11. The van der Waals surface area contributed by atoms with Crippen LogP contribution in [0.1, 0.15) is 20.3 Å². The number of aliphatic hydroxyl groups is 1. The maximum Gasteiger partial charge on any atom is 0.0679 e. The zero-order valence-corrected chi connectivity index (χ0v) is 7.40. The summed E-state index contributed by atoms with van der Waals surface area (Å²) in [4.78, 5) is 2.30. The van der Waals surface area contributed by atoms with Crippen molar-refractivity contribution in [2.45, 2.75) is 32.4 Å². The van der Waals surface area contributed by atoms with Crippen molar-refractivity contribution in [2.75, 3.05) is 13.1 Å². The highest BCUT2D eigenvalue weighted by molar-refractivity contribution is 5.85. The van der Waals surface area contributed by atoms with Gasteiger partial charge in [-0.25, -0.2) is 0 Å². The van der Waals surface area contributed by atoms with Crippen molar-refractivity contribution >= 4 is 12.4 Å². The molecule has 1 saturated heterocycles. The van der Waals surface area contributed by atoms with Gasteiger partial charge in [0.25, 0.3) is 0 Å². The normalized spacial score (nSPS) is 27.0. The SMILES string of the molecule is CC(C)N1CCC(O)C1.Cl. The number of aliphatic hydroxyl groups excluding tert-OH is 1. The zero-order chi connectivity index (χ0) is 6.85. The fourth-order valence-corrected chi connectivity index (χ4v) is 1.24. The van der Waals surface area contributed by atoms with E-state index in [4.69, 9.17) is 5.11 Å². The van der Waals surface area contributed by atoms with Gasteiger partial charge in [0.15, 0.2) is 0 Å². The van der Waals surface area contributed by atoms with E-state index in [1.807, 2.05) is 0 Å². The number of hydrogen-bond acceptors (Lipinski definition) is 2. The van der Waals surface area contributed by atoms with Gasteiger partial charge in [0.1, 0.15) is 0 Å². The van der Waals surface area contributed by atoms with Gasteiger partial charge < -0.3 is 5.11 Å². The van der Waals surface area contributed by atoms with Crippen LogP contribution >= 0.6 is 12.4 Å². The number of nitrogens with zero attached hydrogens (tertiary/aromatic N) is 1. The zero-order valence-electron chi connectivity index (χ0n) is 6.58. The Labute approximate surface area is 68.6 Å². The highest BCUT2D eigenvalue weighted by Gasteiger charge is 2.21. The molecule has 1 unspecified atom stereocenters. The first-order valence-electron chi connectivity index (χ1n) is 3.62. The molecule has 1 aliphatic heterocycles. The minimum Gasteiger partial charge on any atom is -0.392 e. The third-order valence-electron chi connectivity index (χ3n) is 1.93. The van der Waals surface area contributed by atoms with Crippen molar-refractivity contribution in [3.63, 3.8) is 0 Å². The largest absolute Gasteiger partial charge is 0.392 e. The minimum absolute atomic E-state index is 0. The molecule has 1 N–H and O–H groups in total. The summed E-state index contributed by atoms with van der Waals surface area (Å²) in [6.45, 7) is 6.27. The van der Waals surface area contributed by atoms with Crippen LogP contribution in [-0.2, 0) is 0 Å². The van der Waals surface area contributed by atoms with Crippen LogP contribution in [0.15, 0.2) is 0 Å². The Morgan fingerprint density at radius 3 is 2.30 bits per heavy atom. The molecule has 0 spiro atoms. The first-order chi connectivity index (χ1) is 4.20. The van der Waals surface area contributed by atoms with Crippen LogP contribution in [0.5, 0.6) is 0 Å². The van der Waals surface area contributed by atoms with Gasteiger partial charge in [0.05, 0.1) is 6.10 Å². The second-order valence-electron chi connectivity index (χ2n) is 3.03. The fraction of sp³-hybridized carbons (Fsp3) is 1.00. The van der Waals surface area contributed by atoms with Crippen molar-refractivity contribution in [3.05, 3.63) is 0 Å². The first-order valence-corrected chi connectivity index (χ1v) is 3.62. The summed E-state index contributed by atoms with van der Waals surface area (Å²) in [6.07, 6.45) is 0.894. The number of rotatable bonds is 1. The van der Waals surface area contributed by atoms with E-state index in [1.54, 1.807) is 0 Å². The molecule has 0 amide bonds. The number of hydrogen-bond donors (Lipinski definition) is 1. The Kier molecular flexibility index (Phi) is 4.25. The van der Waals surface area contributed by atoms with Gasteiger partial charge in [-0.2, -0.15) is 0 Å². The molecule has 0 radical (unpaired) electrons. The molecule has 1 heterocycles. The number of halogens is 1. The predicted octanol–water partition coefficient (Wildman–Crippen LogP) is 0.883. The van der Waals surface area contributed by atoms with Gasteiger partial charge in [-0.05, 0) is 20.3 Å². The quantitative estimate of drug-likeness (QED) is 0.624. The van der Waals surface area contributed by atoms with Crippen LogP contribution in [-0.4, -0.2) is 35.2 Å². The van der Waals surface area contributed by atoms with E-state index in [2.05, 4.69) is 18.7 Å². The molecule has 0 aromatic rings. The monoisotopic (exact) mass is 165 g/mol. The molecule has 10 heavy (non-hydrogen) atoms. The Bertz CT molecular complexity index is 97.6. The van der Waals surface area contributed by atoms with Crippen molar-refractivity contribution in [2.24, 2.45) is 0 Å². The molecule has 0 aromatic carbocycles. The smallest absolute Gasteiger partial charge is 0.0679 e. The molecule has 2 nitrogen and oxygen atoms in total. The van der Waals surface area contributed by atoms with Crippen LogP contribution in [0.4, 0.5) is 0 Å². The van der Waals surface area contributed by atoms with E-state index < -0.39 is 0 Å². The van der Waals surface area contributed by atoms with Crippen LogP contribution in [0.3, 0.4) is 0 Å². The second kappa shape index (κ2) is 4.16. The molecule has 0 aromatic heterocycles. The molecule has 3 heteroatoms. The second-order valence-corrected chi connectivity index (χ2v) is 3.03. The van der Waals surface area contributed by atoms with Crippen molar-refractivity contribution in [1.29, 1.82) is 0 Å². The molecule has 1 aliphatic rings. The van der Waals surface area contributed by atoms with Crippen LogP contribution in [0.2, 0.25) is 0 Å². The number of likely N-dealkylation sites (tertiary alicyclic amines) is 1. The molecular weight excluding hydrogens is 150 g/mol. The van der Waals surface area contributed by atoms with Crippen LogP contribution in [0, 0.1) is 0 Å². The third-order valence-corrected chi connectivity index (χ3v) is 1.93. The maximum absolute atomic E-state index is 9.11. The molecule has 1 fully saturated rings. The molecular formula is C7H16ClNO. The van der Waals surface area contributed by atoms with Crippen molar-refractivity contribution in [1.82, 2.24) is 4.90 Å². The summed E-state index contributed by atoms with van der Waals surface area (Å²) in [6, 6.07) is 0.599. The fourth-order valence-electron chi connectivity index (χ4n) is 1.24. The standard InChI is InChI=1S/C7H15NO.ClH/c1-6(2)8-4-3-7(9)5-8;/h6-7,9H,3-5H2,1-2H3;1H. The van der Waals surface area contributed by atoms with Gasteiger partial charge in [-0.15, -0.1) is 12.4 Å². The predicted molar refractivity (Wildman–Crippen MR) is 44.6 cm³/mol. The van der Waals surface area contributed by atoms with Crippen molar-refractivity contribution in [3.8, 4) is 0 Å².